The van der Waals surface area contributed by atoms with E-state index in [2.05, 4.69) is 30.4 Å². The predicted molar refractivity (Wildman–Crippen MR) is 78.9 cm³/mol. The summed E-state index contributed by atoms with van der Waals surface area (Å²) >= 11 is 0. The normalized spacial score (nSPS) is 23.9. The molecule has 20 heavy (non-hydrogen) atoms. The quantitative estimate of drug-likeness (QED) is 0.897. The second-order valence-electron chi connectivity index (χ2n) is 5.92. The van der Waals surface area contributed by atoms with Crippen molar-refractivity contribution in [3.8, 4) is 0 Å². The average Bonchev–Trinajstić information content (AvgIpc) is 3.07. The van der Waals surface area contributed by atoms with Crippen LogP contribution in [-0.2, 0) is 11.3 Å². The highest BCUT2D eigenvalue weighted by Crippen LogP contribution is 2.40. The van der Waals surface area contributed by atoms with Crippen molar-refractivity contribution in [2.45, 2.75) is 57.6 Å². The molecule has 2 aliphatic heterocycles. The zero-order valence-corrected chi connectivity index (χ0v) is 12.2. The van der Waals surface area contributed by atoms with Gasteiger partial charge in [-0.1, -0.05) is 19.1 Å². The van der Waals surface area contributed by atoms with Gasteiger partial charge < -0.3 is 10.1 Å². The first-order chi connectivity index (χ1) is 9.78. The van der Waals surface area contributed by atoms with E-state index in [0.717, 1.165) is 23.7 Å². The molecule has 1 amide bonds. The highest BCUT2D eigenvalue weighted by molar-refractivity contribution is 5.98. The maximum Gasteiger partial charge on any atom is 0.251 e. The van der Waals surface area contributed by atoms with Gasteiger partial charge in [-0.2, -0.15) is 0 Å². The molecule has 3 nitrogen and oxygen atoms in total. The highest BCUT2D eigenvalue weighted by Gasteiger charge is 2.26. The van der Waals surface area contributed by atoms with Crippen LogP contribution >= 0.6 is 0 Å². The zero-order valence-electron chi connectivity index (χ0n) is 12.2. The van der Waals surface area contributed by atoms with Crippen LogP contribution in [0.1, 0.15) is 66.4 Å². The molecule has 2 fully saturated rings. The van der Waals surface area contributed by atoms with E-state index in [0.29, 0.717) is 12.6 Å². The monoisotopic (exact) mass is 273 g/mol. The summed E-state index contributed by atoms with van der Waals surface area (Å²) in [5.74, 6) is 0.830. The van der Waals surface area contributed by atoms with E-state index in [1.807, 2.05) is 0 Å². The Hall–Kier alpha value is -1.35. The number of hydrogen-bond acceptors (Lipinski definition) is 2. The van der Waals surface area contributed by atoms with Gasteiger partial charge in [-0.05, 0) is 55.2 Å². The first-order valence-corrected chi connectivity index (χ1v) is 7.80. The summed E-state index contributed by atoms with van der Waals surface area (Å²) in [5, 5.41) is 2.83. The molecule has 1 unspecified atom stereocenters. The molecule has 1 atom stereocenters. The molecule has 1 saturated heterocycles. The summed E-state index contributed by atoms with van der Waals surface area (Å²) in [7, 11) is 0. The molecule has 1 aliphatic carbocycles. The molecule has 0 radical (unpaired) electrons. The van der Waals surface area contributed by atoms with Crippen LogP contribution in [0, 0.1) is 0 Å². The number of ether oxygens (including phenoxy) is 1. The standard InChI is InChI=1S/C11H11NO.C6H12O/c13-11-10-5-8(7-1-2-7)3-4-9(10)6-12-11;1-2-6-4-3-5-7-6/h3-5,7H,1-2,6H2,(H,12,13);6H,2-5H2,1H3. The molecule has 1 N–H and O–H groups in total. The van der Waals surface area contributed by atoms with E-state index < -0.39 is 0 Å². The number of carbonyl (C=O) groups is 1. The van der Waals surface area contributed by atoms with Crippen LogP contribution < -0.4 is 5.32 Å². The van der Waals surface area contributed by atoms with Gasteiger partial charge in [0.15, 0.2) is 0 Å². The van der Waals surface area contributed by atoms with Gasteiger partial charge in [0.1, 0.15) is 0 Å². The van der Waals surface area contributed by atoms with E-state index in [1.165, 1.54) is 37.7 Å². The molecule has 3 aliphatic rings. The summed E-state index contributed by atoms with van der Waals surface area (Å²) in [4.78, 5) is 11.3. The minimum atomic E-state index is 0.0949. The number of carbonyl (C=O) groups excluding carboxylic acids is 1. The Kier molecular flexibility index (Phi) is 4.06. The van der Waals surface area contributed by atoms with Crippen LogP contribution in [-0.4, -0.2) is 18.6 Å². The van der Waals surface area contributed by atoms with Gasteiger partial charge in [0.05, 0.1) is 6.10 Å². The van der Waals surface area contributed by atoms with Crippen LogP contribution in [0.2, 0.25) is 0 Å². The van der Waals surface area contributed by atoms with E-state index in [9.17, 15) is 4.79 Å². The van der Waals surface area contributed by atoms with Gasteiger partial charge in [0, 0.05) is 18.7 Å². The molecule has 1 aromatic carbocycles. The summed E-state index contributed by atoms with van der Waals surface area (Å²) < 4.78 is 5.30. The van der Waals surface area contributed by atoms with Crippen LogP contribution in [0.15, 0.2) is 18.2 Å². The van der Waals surface area contributed by atoms with Crippen LogP contribution in [0.25, 0.3) is 0 Å². The molecule has 108 valence electrons. The minimum Gasteiger partial charge on any atom is -0.378 e. The molecule has 0 bridgehead atoms. The third kappa shape index (κ3) is 3.04. The zero-order chi connectivity index (χ0) is 13.9. The lowest BCUT2D eigenvalue weighted by Gasteiger charge is -2.01. The lowest BCUT2D eigenvalue weighted by Crippen LogP contribution is -2.12. The fraction of sp³-hybridized carbons (Fsp3) is 0.588. The number of hydrogen-bond donors (Lipinski definition) is 1. The topological polar surface area (TPSA) is 38.3 Å². The third-order valence-electron chi connectivity index (χ3n) is 4.35. The van der Waals surface area contributed by atoms with Gasteiger partial charge >= 0.3 is 0 Å². The first-order valence-electron chi connectivity index (χ1n) is 7.80. The van der Waals surface area contributed by atoms with Crippen LogP contribution in [0.5, 0.6) is 0 Å². The van der Waals surface area contributed by atoms with Crippen molar-refractivity contribution in [1.82, 2.24) is 5.32 Å². The maximum absolute atomic E-state index is 11.3. The number of fused-ring (bicyclic) bond motifs is 1. The Morgan fingerprint density at radius 2 is 2.15 bits per heavy atom. The SMILES string of the molecule is CCC1CCCO1.O=C1NCc2ccc(C3CC3)cc21. The Balaban J connectivity index is 0.000000147. The molecular formula is C17H23NO2. The lowest BCUT2D eigenvalue weighted by molar-refractivity contribution is 0.0965. The van der Waals surface area contributed by atoms with Crippen molar-refractivity contribution in [3.05, 3.63) is 34.9 Å². The average molecular weight is 273 g/mol. The number of amides is 1. The summed E-state index contributed by atoms with van der Waals surface area (Å²) in [6, 6.07) is 6.31. The fourth-order valence-electron chi connectivity index (χ4n) is 2.87. The van der Waals surface area contributed by atoms with Gasteiger partial charge in [-0.15, -0.1) is 0 Å². The summed E-state index contributed by atoms with van der Waals surface area (Å²) in [6.07, 6.45) is 6.94. The molecule has 3 heteroatoms. The molecule has 1 aromatic rings. The Morgan fingerprint density at radius 1 is 1.30 bits per heavy atom. The molecule has 2 heterocycles. The van der Waals surface area contributed by atoms with E-state index in [-0.39, 0.29) is 5.91 Å². The number of nitrogens with one attached hydrogen (secondary N) is 1. The van der Waals surface area contributed by atoms with Gasteiger partial charge in [0.2, 0.25) is 0 Å². The smallest absolute Gasteiger partial charge is 0.251 e. The maximum atomic E-state index is 11.3. The predicted octanol–water partition coefficient (Wildman–Crippen LogP) is 3.38. The largest absolute Gasteiger partial charge is 0.378 e. The van der Waals surface area contributed by atoms with Crippen molar-refractivity contribution >= 4 is 5.91 Å². The lowest BCUT2D eigenvalue weighted by atomic mass is 10.0. The third-order valence-corrected chi connectivity index (χ3v) is 4.35. The molecular weight excluding hydrogens is 250 g/mol. The van der Waals surface area contributed by atoms with Gasteiger partial charge in [-0.25, -0.2) is 0 Å². The van der Waals surface area contributed by atoms with Crippen molar-refractivity contribution in [3.63, 3.8) is 0 Å². The Morgan fingerprint density at radius 3 is 2.75 bits per heavy atom. The Bertz CT molecular complexity index is 488. The highest BCUT2D eigenvalue weighted by atomic mass is 16.5. The second-order valence-corrected chi connectivity index (χ2v) is 5.92. The van der Waals surface area contributed by atoms with Crippen LogP contribution in [0.4, 0.5) is 0 Å². The van der Waals surface area contributed by atoms with E-state index in [1.54, 1.807) is 0 Å². The molecule has 0 aromatic heterocycles. The van der Waals surface area contributed by atoms with Crippen molar-refractivity contribution in [2.24, 2.45) is 0 Å². The summed E-state index contributed by atoms with van der Waals surface area (Å²) in [6.45, 7) is 3.88. The Labute approximate surface area is 120 Å². The van der Waals surface area contributed by atoms with Crippen molar-refractivity contribution in [2.75, 3.05) is 6.61 Å². The second kappa shape index (κ2) is 5.96. The van der Waals surface area contributed by atoms with E-state index in [4.69, 9.17) is 4.74 Å². The van der Waals surface area contributed by atoms with Gasteiger partial charge in [0.25, 0.3) is 5.91 Å². The van der Waals surface area contributed by atoms with Crippen molar-refractivity contribution in [1.29, 1.82) is 0 Å². The van der Waals surface area contributed by atoms with Crippen molar-refractivity contribution < 1.29 is 9.53 Å². The first kappa shape index (κ1) is 13.6. The minimum absolute atomic E-state index is 0.0949. The van der Waals surface area contributed by atoms with E-state index >= 15 is 0 Å². The molecule has 1 saturated carbocycles. The number of benzene rings is 1. The van der Waals surface area contributed by atoms with Crippen LogP contribution in [0.3, 0.4) is 0 Å². The van der Waals surface area contributed by atoms with Gasteiger partial charge in [-0.3, -0.25) is 4.79 Å². The molecule has 4 rings (SSSR count). The molecule has 0 spiro atoms. The summed E-state index contributed by atoms with van der Waals surface area (Å²) in [5.41, 5.74) is 3.38. The number of rotatable bonds is 2. The fourth-order valence-corrected chi connectivity index (χ4v) is 2.87.